The molecule has 0 saturated carbocycles. The quantitative estimate of drug-likeness (QED) is 0.529. The van der Waals surface area contributed by atoms with E-state index in [0.29, 0.717) is 0 Å². The van der Waals surface area contributed by atoms with Gasteiger partial charge in [0, 0.05) is 5.41 Å². The van der Waals surface area contributed by atoms with E-state index in [1.165, 1.54) is 18.3 Å². The zero-order valence-electron chi connectivity index (χ0n) is 12.6. The largest absolute Gasteiger partial charge is 0.276 e. The smallest absolute Gasteiger partial charge is 0.200 e. The van der Waals surface area contributed by atoms with Crippen LogP contribution in [0.4, 0.5) is 0 Å². The van der Waals surface area contributed by atoms with Crippen molar-refractivity contribution >= 4 is 16.2 Å². The lowest BCUT2D eigenvalue weighted by Crippen LogP contribution is -2.18. The van der Waals surface area contributed by atoms with Crippen molar-refractivity contribution in [1.29, 1.82) is 0 Å². The molecule has 1 N–H and O–H groups in total. The molecule has 1 aromatic rings. The normalized spacial score (nSPS) is 11.2. The number of aryl methyl sites for hydroxylation is 1. The highest BCUT2D eigenvalue weighted by atomic mass is 32.2. The average Bonchev–Trinajstić information content (AvgIpc) is 2.36. The Balaban J connectivity index is 2.66. The number of nitrogens with one attached hydrogen (secondary N) is 1. The summed E-state index contributed by atoms with van der Waals surface area (Å²) in [6.45, 7) is 7.82. The fourth-order valence-electron chi connectivity index (χ4n) is 1.19. The molecule has 0 aliphatic carbocycles. The second-order valence-corrected chi connectivity index (χ2v) is 7.10. The Kier molecular flexibility index (Phi) is 5.58. The highest BCUT2D eigenvalue weighted by Crippen LogP contribution is 2.10. The van der Waals surface area contributed by atoms with Crippen LogP contribution < -0.4 is 4.83 Å². The van der Waals surface area contributed by atoms with E-state index in [1.54, 1.807) is 12.1 Å². The summed E-state index contributed by atoms with van der Waals surface area (Å²) in [5, 5.41) is 3.57. The van der Waals surface area contributed by atoms with Crippen LogP contribution in [0.3, 0.4) is 0 Å². The van der Waals surface area contributed by atoms with Gasteiger partial charge >= 0.3 is 0 Å². The number of benzene rings is 1. The highest BCUT2D eigenvalue weighted by Gasteiger charge is 2.11. The van der Waals surface area contributed by atoms with Crippen LogP contribution in [0, 0.1) is 36.0 Å². The third-order valence-electron chi connectivity index (χ3n) is 2.21. The first kappa shape index (κ1) is 16.8. The monoisotopic (exact) mass is 302 g/mol. The van der Waals surface area contributed by atoms with Gasteiger partial charge in [-0.05, 0) is 57.6 Å². The molecule has 21 heavy (non-hydrogen) atoms. The van der Waals surface area contributed by atoms with E-state index >= 15 is 0 Å². The lowest BCUT2D eigenvalue weighted by Gasteiger charge is -2.05. The van der Waals surface area contributed by atoms with Crippen LogP contribution in [0.15, 0.2) is 34.3 Å². The van der Waals surface area contributed by atoms with E-state index < -0.39 is 10.0 Å². The topological polar surface area (TPSA) is 58.5 Å². The van der Waals surface area contributed by atoms with E-state index in [1.807, 2.05) is 27.7 Å². The minimum atomic E-state index is -3.64. The van der Waals surface area contributed by atoms with Gasteiger partial charge < -0.3 is 0 Å². The van der Waals surface area contributed by atoms with Crippen LogP contribution in [0.1, 0.15) is 26.3 Å². The van der Waals surface area contributed by atoms with Gasteiger partial charge in [0.1, 0.15) is 0 Å². The average molecular weight is 302 g/mol. The molecule has 1 aromatic carbocycles. The summed E-state index contributed by atoms with van der Waals surface area (Å²) in [6, 6.07) is 6.49. The van der Waals surface area contributed by atoms with Crippen LogP contribution in [-0.4, -0.2) is 14.6 Å². The zero-order valence-corrected chi connectivity index (χ0v) is 13.4. The molecule has 0 aliphatic rings. The van der Waals surface area contributed by atoms with Gasteiger partial charge in [-0.3, -0.25) is 0 Å². The lowest BCUT2D eigenvalue weighted by atomic mass is 9.98. The Morgan fingerprint density at radius 2 is 1.76 bits per heavy atom. The van der Waals surface area contributed by atoms with Crippen molar-refractivity contribution in [3.8, 4) is 23.7 Å². The lowest BCUT2D eigenvalue weighted by molar-refractivity contribution is 0.571. The van der Waals surface area contributed by atoms with E-state index in [-0.39, 0.29) is 10.3 Å². The second kappa shape index (κ2) is 6.97. The maximum Gasteiger partial charge on any atom is 0.276 e. The maximum atomic E-state index is 11.9. The molecule has 0 unspecified atom stereocenters. The molecule has 0 aromatic heterocycles. The Morgan fingerprint density at radius 3 is 2.33 bits per heavy atom. The van der Waals surface area contributed by atoms with Crippen molar-refractivity contribution in [2.75, 3.05) is 0 Å². The van der Waals surface area contributed by atoms with Crippen LogP contribution in [0.2, 0.25) is 0 Å². The molecule has 0 radical (unpaired) electrons. The van der Waals surface area contributed by atoms with Gasteiger partial charge in [0.25, 0.3) is 10.0 Å². The number of sulfonamides is 1. The Morgan fingerprint density at radius 1 is 1.14 bits per heavy atom. The van der Waals surface area contributed by atoms with Crippen molar-refractivity contribution < 1.29 is 8.42 Å². The molecule has 0 aliphatic heterocycles. The van der Waals surface area contributed by atoms with Gasteiger partial charge in [0.2, 0.25) is 0 Å². The van der Waals surface area contributed by atoms with Crippen molar-refractivity contribution in [2.24, 2.45) is 10.5 Å². The Bertz CT molecular complexity index is 732. The zero-order chi connectivity index (χ0) is 15.9. The molecule has 0 atom stereocenters. The highest BCUT2D eigenvalue weighted by molar-refractivity contribution is 7.89. The number of nitrogens with zero attached hydrogens (tertiary/aromatic N) is 1. The predicted octanol–water partition coefficient (Wildman–Crippen LogP) is 2.31. The first-order valence-corrected chi connectivity index (χ1v) is 7.82. The fourth-order valence-corrected chi connectivity index (χ4v) is 1.98. The Labute approximate surface area is 126 Å². The fraction of sp³-hybridized carbons (Fsp3) is 0.312. The van der Waals surface area contributed by atoms with E-state index in [0.717, 1.165) is 5.56 Å². The molecule has 0 heterocycles. The van der Waals surface area contributed by atoms with Gasteiger partial charge in [0.05, 0.1) is 11.1 Å². The Hall–Kier alpha value is -2.24. The molecule has 0 saturated heterocycles. The summed E-state index contributed by atoms with van der Waals surface area (Å²) in [4.78, 5) is 2.25. The number of hydrazone groups is 1. The standard InChI is InChI=1S/C16H18N2O2S/c1-14-8-10-15(11-9-14)21(19,20)18-17-13-7-5-6-12-16(2,3)4/h8-11,13,18H,1-4H3/b17-13-. The van der Waals surface area contributed by atoms with Gasteiger partial charge in [-0.25, -0.2) is 0 Å². The van der Waals surface area contributed by atoms with Gasteiger partial charge in [-0.1, -0.05) is 23.6 Å². The molecule has 0 amide bonds. The van der Waals surface area contributed by atoms with Crippen LogP contribution in [0.25, 0.3) is 0 Å². The third kappa shape index (κ3) is 6.65. The van der Waals surface area contributed by atoms with Gasteiger partial charge in [0.15, 0.2) is 0 Å². The van der Waals surface area contributed by atoms with E-state index in [4.69, 9.17) is 0 Å². The predicted molar refractivity (Wildman–Crippen MR) is 85.0 cm³/mol. The first-order valence-electron chi connectivity index (χ1n) is 6.33. The number of hydrogen-bond donors (Lipinski definition) is 1. The van der Waals surface area contributed by atoms with Crippen molar-refractivity contribution in [3.63, 3.8) is 0 Å². The minimum absolute atomic E-state index is 0.112. The van der Waals surface area contributed by atoms with Crippen molar-refractivity contribution in [1.82, 2.24) is 4.83 Å². The summed E-state index contributed by atoms with van der Waals surface area (Å²) in [7, 11) is -3.64. The molecule has 5 heteroatoms. The van der Waals surface area contributed by atoms with Crippen molar-refractivity contribution in [2.45, 2.75) is 32.6 Å². The van der Waals surface area contributed by atoms with Crippen molar-refractivity contribution in [3.05, 3.63) is 29.8 Å². The van der Waals surface area contributed by atoms with Gasteiger partial charge in [-0.15, -0.1) is 0 Å². The summed E-state index contributed by atoms with van der Waals surface area (Å²) in [5.41, 5.74) is 0.875. The molecule has 0 fully saturated rings. The van der Waals surface area contributed by atoms with Crippen LogP contribution in [-0.2, 0) is 10.0 Å². The van der Waals surface area contributed by atoms with Crippen LogP contribution >= 0.6 is 0 Å². The molecular formula is C16H18N2O2S. The molecule has 110 valence electrons. The molecule has 0 bridgehead atoms. The molecule has 1 rings (SSSR count). The number of hydrogen-bond acceptors (Lipinski definition) is 3. The SMILES string of the molecule is Cc1ccc(S(=O)(=O)N/N=C\C#CC#CC(C)(C)C)cc1. The number of rotatable bonds is 3. The second-order valence-electron chi connectivity index (χ2n) is 5.44. The third-order valence-corrected chi connectivity index (χ3v) is 3.44. The maximum absolute atomic E-state index is 11.9. The van der Waals surface area contributed by atoms with E-state index in [2.05, 4.69) is 33.6 Å². The molecule has 0 spiro atoms. The van der Waals surface area contributed by atoms with Crippen LogP contribution in [0.5, 0.6) is 0 Å². The summed E-state index contributed by atoms with van der Waals surface area (Å²) >= 11 is 0. The van der Waals surface area contributed by atoms with Gasteiger partial charge in [-0.2, -0.15) is 18.4 Å². The molecular weight excluding hydrogens is 284 g/mol. The van der Waals surface area contributed by atoms with E-state index in [9.17, 15) is 8.42 Å². The summed E-state index contributed by atoms with van der Waals surface area (Å²) in [5.74, 6) is 10.7. The summed E-state index contributed by atoms with van der Waals surface area (Å²) < 4.78 is 23.7. The minimum Gasteiger partial charge on any atom is -0.200 e. The molecule has 4 nitrogen and oxygen atoms in total. The summed E-state index contributed by atoms with van der Waals surface area (Å²) in [6.07, 6.45) is 1.17. The first-order chi connectivity index (χ1) is 9.71.